The third-order valence-electron chi connectivity index (χ3n) is 4.86. The zero-order chi connectivity index (χ0) is 22.8. The van der Waals surface area contributed by atoms with E-state index in [1.54, 1.807) is 0 Å². The van der Waals surface area contributed by atoms with Gasteiger partial charge in [0.15, 0.2) is 0 Å². The van der Waals surface area contributed by atoms with E-state index in [1.807, 2.05) is 6.92 Å². The maximum absolute atomic E-state index is 13.1. The first-order chi connectivity index (χ1) is 14.6. The third-order valence-corrected chi connectivity index (χ3v) is 8.06. The summed E-state index contributed by atoms with van der Waals surface area (Å²) in [7, 11) is -3.83. The summed E-state index contributed by atoms with van der Waals surface area (Å²) in [6.07, 6.45) is 1.08. The summed E-state index contributed by atoms with van der Waals surface area (Å²) in [5.74, 6) is -0.477. The molecule has 1 saturated heterocycles. The number of anilines is 1. The van der Waals surface area contributed by atoms with Crippen LogP contribution in [0.5, 0.6) is 5.75 Å². The molecule has 0 bridgehead atoms. The Labute approximate surface area is 201 Å². The number of rotatable bonds is 6. The number of nitrogens with one attached hydrogen (secondary N) is 1. The van der Waals surface area contributed by atoms with E-state index in [1.165, 1.54) is 34.6 Å². The first-order valence-corrected chi connectivity index (χ1v) is 12.5. The van der Waals surface area contributed by atoms with Crippen molar-refractivity contribution in [2.24, 2.45) is 5.92 Å². The van der Waals surface area contributed by atoms with Crippen molar-refractivity contribution in [1.82, 2.24) is 4.31 Å². The van der Waals surface area contributed by atoms with Crippen molar-refractivity contribution in [3.63, 3.8) is 0 Å². The van der Waals surface area contributed by atoms with Gasteiger partial charge in [0, 0.05) is 13.1 Å². The molecule has 2 aromatic carbocycles. The Balaban J connectivity index is 1.76. The Hall–Kier alpha value is -1.22. The molecule has 1 heterocycles. The number of ether oxygens (including phenoxy) is 1. The van der Waals surface area contributed by atoms with Crippen molar-refractivity contribution in [3.8, 4) is 5.75 Å². The highest BCUT2D eigenvalue weighted by Gasteiger charge is 2.34. The maximum Gasteiger partial charge on any atom is 0.243 e. The highest BCUT2D eigenvalue weighted by atomic mass is 35.5. The van der Waals surface area contributed by atoms with Crippen LogP contribution in [0, 0.1) is 5.92 Å². The summed E-state index contributed by atoms with van der Waals surface area (Å²) in [6.45, 7) is 2.57. The first-order valence-electron chi connectivity index (χ1n) is 9.51. The van der Waals surface area contributed by atoms with Crippen LogP contribution in [-0.2, 0) is 14.8 Å². The smallest absolute Gasteiger partial charge is 0.243 e. The summed E-state index contributed by atoms with van der Waals surface area (Å²) >= 11 is 24.2. The molecule has 31 heavy (non-hydrogen) atoms. The number of piperidine rings is 1. The van der Waals surface area contributed by atoms with Gasteiger partial charge in [-0.1, -0.05) is 46.4 Å². The standard InChI is InChI=1S/C20H20Cl4N2O4S/c1-2-30-19-6-5-13(8-17(19)24)31(28,29)26-7-3-4-12(11-26)20(27)25-18-10-15(22)14(21)9-16(18)23/h5-6,8-10,12H,2-4,7,11H2,1H3,(H,25,27)/t12-/m0/s1. The van der Waals surface area contributed by atoms with E-state index < -0.39 is 15.9 Å². The van der Waals surface area contributed by atoms with Gasteiger partial charge in [-0.3, -0.25) is 4.79 Å². The van der Waals surface area contributed by atoms with Gasteiger partial charge in [-0.25, -0.2) is 8.42 Å². The minimum Gasteiger partial charge on any atom is -0.492 e. The molecule has 1 aliphatic rings. The van der Waals surface area contributed by atoms with Gasteiger partial charge in [0.2, 0.25) is 15.9 Å². The molecule has 0 unspecified atom stereocenters. The van der Waals surface area contributed by atoms with Crippen molar-refractivity contribution >= 4 is 68.0 Å². The molecule has 3 rings (SSSR count). The van der Waals surface area contributed by atoms with Crippen LogP contribution in [0.4, 0.5) is 5.69 Å². The van der Waals surface area contributed by atoms with Crippen LogP contribution < -0.4 is 10.1 Å². The molecule has 0 spiro atoms. The van der Waals surface area contributed by atoms with Crippen molar-refractivity contribution in [1.29, 1.82) is 0 Å². The summed E-state index contributed by atoms with van der Waals surface area (Å²) in [6, 6.07) is 7.24. The lowest BCUT2D eigenvalue weighted by molar-refractivity contribution is -0.120. The molecule has 0 radical (unpaired) electrons. The Morgan fingerprint density at radius 2 is 1.81 bits per heavy atom. The van der Waals surface area contributed by atoms with Crippen molar-refractivity contribution in [2.45, 2.75) is 24.7 Å². The van der Waals surface area contributed by atoms with Gasteiger partial charge < -0.3 is 10.1 Å². The number of benzene rings is 2. The topological polar surface area (TPSA) is 75.7 Å². The largest absolute Gasteiger partial charge is 0.492 e. The molecule has 11 heteroatoms. The average molecular weight is 526 g/mol. The van der Waals surface area contributed by atoms with Gasteiger partial charge in [-0.15, -0.1) is 0 Å². The highest BCUT2D eigenvalue weighted by Crippen LogP contribution is 2.34. The molecular weight excluding hydrogens is 506 g/mol. The fourth-order valence-electron chi connectivity index (χ4n) is 3.29. The van der Waals surface area contributed by atoms with Gasteiger partial charge in [-0.05, 0) is 50.1 Å². The maximum atomic E-state index is 13.1. The van der Waals surface area contributed by atoms with Gasteiger partial charge >= 0.3 is 0 Å². The molecular formula is C20H20Cl4N2O4S. The fraction of sp³-hybridized carbons (Fsp3) is 0.350. The molecule has 1 fully saturated rings. The van der Waals surface area contributed by atoms with Gasteiger partial charge in [-0.2, -0.15) is 4.31 Å². The van der Waals surface area contributed by atoms with Gasteiger partial charge in [0.25, 0.3) is 0 Å². The SMILES string of the molecule is CCOc1ccc(S(=O)(=O)N2CCC[C@H](C(=O)Nc3cc(Cl)c(Cl)cc3Cl)C2)cc1Cl. The molecule has 168 valence electrons. The van der Waals surface area contributed by atoms with E-state index in [2.05, 4.69) is 5.32 Å². The van der Waals surface area contributed by atoms with Crippen molar-refractivity contribution in [3.05, 3.63) is 50.4 Å². The lowest BCUT2D eigenvalue weighted by Crippen LogP contribution is -2.43. The summed E-state index contributed by atoms with van der Waals surface area (Å²) < 4.78 is 32.9. The summed E-state index contributed by atoms with van der Waals surface area (Å²) in [4.78, 5) is 12.8. The number of hydrogen-bond acceptors (Lipinski definition) is 4. The van der Waals surface area contributed by atoms with E-state index in [0.29, 0.717) is 37.4 Å². The minimum absolute atomic E-state index is 0.0396. The first kappa shape index (κ1) is 24.4. The molecule has 1 atom stereocenters. The molecule has 6 nitrogen and oxygen atoms in total. The van der Waals surface area contributed by atoms with E-state index in [9.17, 15) is 13.2 Å². The molecule has 0 aliphatic carbocycles. The number of halogens is 4. The van der Waals surface area contributed by atoms with Gasteiger partial charge in [0.1, 0.15) is 5.75 Å². The van der Waals surface area contributed by atoms with E-state index in [0.717, 1.165) is 0 Å². The van der Waals surface area contributed by atoms with Crippen LogP contribution in [0.2, 0.25) is 20.1 Å². The van der Waals surface area contributed by atoms with Crippen LogP contribution in [-0.4, -0.2) is 38.3 Å². The molecule has 0 aromatic heterocycles. The molecule has 1 amide bonds. The van der Waals surface area contributed by atoms with Crippen LogP contribution in [0.3, 0.4) is 0 Å². The average Bonchev–Trinajstić information content (AvgIpc) is 2.73. The molecule has 1 N–H and O–H groups in total. The van der Waals surface area contributed by atoms with E-state index >= 15 is 0 Å². The van der Waals surface area contributed by atoms with Crippen LogP contribution in [0.15, 0.2) is 35.2 Å². The lowest BCUT2D eigenvalue weighted by atomic mass is 9.98. The lowest BCUT2D eigenvalue weighted by Gasteiger charge is -2.31. The van der Waals surface area contributed by atoms with Crippen LogP contribution in [0.1, 0.15) is 19.8 Å². The second-order valence-corrected chi connectivity index (χ2v) is 10.5. The third kappa shape index (κ3) is 5.59. The Kier molecular flexibility index (Phi) is 8.00. The number of amides is 1. The Bertz CT molecular complexity index is 1090. The van der Waals surface area contributed by atoms with Crippen molar-refractivity contribution in [2.75, 3.05) is 25.0 Å². The van der Waals surface area contributed by atoms with E-state index in [-0.39, 0.29) is 37.4 Å². The molecule has 1 aliphatic heterocycles. The van der Waals surface area contributed by atoms with Crippen LogP contribution in [0.25, 0.3) is 0 Å². The van der Waals surface area contributed by atoms with E-state index in [4.69, 9.17) is 51.1 Å². The fourth-order valence-corrected chi connectivity index (χ4v) is 5.74. The highest BCUT2D eigenvalue weighted by molar-refractivity contribution is 7.89. The van der Waals surface area contributed by atoms with Crippen molar-refractivity contribution < 1.29 is 17.9 Å². The second-order valence-electron chi connectivity index (χ2n) is 6.96. The number of sulfonamides is 1. The molecule has 0 saturated carbocycles. The Morgan fingerprint density at radius 1 is 1.10 bits per heavy atom. The van der Waals surface area contributed by atoms with Crippen LogP contribution >= 0.6 is 46.4 Å². The summed E-state index contributed by atoms with van der Waals surface area (Å²) in [5.41, 5.74) is 0.319. The van der Waals surface area contributed by atoms with Gasteiger partial charge in [0.05, 0.1) is 43.2 Å². The minimum atomic E-state index is -3.83. The second kappa shape index (κ2) is 10.1. The Morgan fingerprint density at radius 3 is 2.48 bits per heavy atom. The number of nitrogens with zero attached hydrogens (tertiary/aromatic N) is 1. The predicted molar refractivity (Wildman–Crippen MR) is 124 cm³/mol. The predicted octanol–water partition coefficient (Wildman–Crippen LogP) is 5.74. The summed E-state index contributed by atoms with van der Waals surface area (Å²) in [5, 5.41) is 3.69. The zero-order valence-electron chi connectivity index (χ0n) is 16.5. The zero-order valence-corrected chi connectivity index (χ0v) is 20.3. The number of hydrogen-bond donors (Lipinski definition) is 1. The number of carbonyl (C=O) groups is 1. The quantitative estimate of drug-likeness (QED) is 0.488. The monoisotopic (exact) mass is 524 g/mol. The molecule has 2 aromatic rings. The normalized spacial score (nSPS) is 17.4. The number of carbonyl (C=O) groups excluding carboxylic acids is 1.